The van der Waals surface area contributed by atoms with Crippen molar-refractivity contribution in [2.75, 3.05) is 5.32 Å². The molecule has 1 N–H and O–H groups in total. The normalized spacial score (nSPS) is 9.83. The van der Waals surface area contributed by atoms with Crippen molar-refractivity contribution in [2.45, 2.75) is 13.5 Å². The first-order valence-corrected chi connectivity index (χ1v) is 6.76. The van der Waals surface area contributed by atoms with Gasteiger partial charge in [0, 0.05) is 15.8 Å². The topological polar surface area (TPSA) is 35.8 Å². The van der Waals surface area contributed by atoms with E-state index in [1.165, 1.54) is 9.13 Å². The molecule has 0 heterocycles. The van der Waals surface area contributed by atoms with Gasteiger partial charge in [-0.05, 0) is 64.9 Å². The van der Waals surface area contributed by atoms with Gasteiger partial charge in [-0.2, -0.15) is 5.26 Å². The van der Waals surface area contributed by atoms with Crippen LogP contribution in [0.2, 0.25) is 0 Å². The van der Waals surface area contributed by atoms with Crippen molar-refractivity contribution in [3.63, 3.8) is 0 Å². The summed E-state index contributed by atoms with van der Waals surface area (Å²) in [5, 5.41) is 12.2. The molecule has 2 aromatic carbocycles. The van der Waals surface area contributed by atoms with Crippen molar-refractivity contribution in [2.24, 2.45) is 0 Å². The number of aryl methyl sites for hydroxylation is 1. The molecule has 0 saturated carbocycles. The predicted molar refractivity (Wildman–Crippen MR) is 82.4 cm³/mol. The maximum Gasteiger partial charge on any atom is 0.0991 e. The number of nitrogens with zero attached hydrogens (tertiary/aromatic N) is 1. The number of benzene rings is 2. The fourth-order valence-electron chi connectivity index (χ4n) is 1.66. The Balaban J connectivity index is 2.07. The van der Waals surface area contributed by atoms with Gasteiger partial charge in [-0.25, -0.2) is 0 Å². The molecule has 0 aliphatic carbocycles. The fourth-order valence-corrected chi connectivity index (χ4v) is 2.17. The van der Waals surface area contributed by atoms with E-state index in [0.29, 0.717) is 5.56 Å². The van der Waals surface area contributed by atoms with Crippen LogP contribution in [-0.2, 0) is 6.54 Å². The van der Waals surface area contributed by atoms with Gasteiger partial charge in [0.05, 0.1) is 11.6 Å². The molecule has 0 aliphatic heterocycles. The largest absolute Gasteiger partial charge is 0.381 e. The number of hydrogen-bond acceptors (Lipinski definition) is 2. The SMILES string of the molecule is Cc1ccc(NCc2cccc(C#N)c2)cc1I. The molecule has 0 aliphatic rings. The number of halogens is 1. The molecule has 2 rings (SSSR count). The van der Waals surface area contributed by atoms with E-state index in [9.17, 15) is 0 Å². The molecule has 0 aromatic heterocycles. The summed E-state index contributed by atoms with van der Waals surface area (Å²) in [6, 6.07) is 16.1. The summed E-state index contributed by atoms with van der Waals surface area (Å²) in [6.07, 6.45) is 0. The van der Waals surface area contributed by atoms with Crippen LogP contribution >= 0.6 is 22.6 Å². The number of nitrogens with one attached hydrogen (secondary N) is 1. The van der Waals surface area contributed by atoms with Gasteiger partial charge in [-0.3, -0.25) is 0 Å². The summed E-state index contributed by atoms with van der Waals surface area (Å²) in [5.74, 6) is 0. The third kappa shape index (κ3) is 3.23. The highest BCUT2D eigenvalue weighted by Crippen LogP contribution is 2.17. The van der Waals surface area contributed by atoms with Crippen molar-refractivity contribution >= 4 is 28.3 Å². The highest BCUT2D eigenvalue weighted by Gasteiger charge is 1.98. The van der Waals surface area contributed by atoms with E-state index >= 15 is 0 Å². The molecule has 18 heavy (non-hydrogen) atoms. The van der Waals surface area contributed by atoms with Crippen LogP contribution in [0.25, 0.3) is 0 Å². The Morgan fingerprint density at radius 2 is 2.06 bits per heavy atom. The van der Waals surface area contributed by atoms with Gasteiger partial charge >= 0.3 is 0 Å². The average molecular weight is 348 g/mol. The number of nitriles is 1. The van der Waals surface area contributed by atoms with Crippen molar-refractivity contribution in [1.29, 1.82) is 5.26 Å². The minimum atomic E-state index is 0.702. The van der Waals surface area contributed by atoms with E-state index in [-0.39, 0.29) is 0 Å². The lowest BCUT2D eigenvalue weighted by atomic mass is 10.1. The maximum atomic E-state index is 8.84. The molecule has 3 heteroatoms. The number of rotatable bonds is 3. The molecular weight excluding hydrogens is 335 g/mol. The first-order chi connectivity index (χ1) is 8.69. The molecule has 0 radical (unpaired) electrons. The zero-order valence-corrected chi connectivity index (χ0v) is 12.2. The van der Waals surface area contributed by atoms with E-state index in [2.05, 4.69) is 59.1 Å². The molecule has 0 unspecified atom stereocenters. The van der Waals surface area contributed by atoms with Gasteiger partial charge < -0.3 is 5.32 Å². The van der Waals surface area contributed by atoms with Gasteiger partial charge in [0.2, 0.25) is 0 Å². The third-order valence-electron chi connectivity index (χ3n) is 2.72. The summed E-state index contributed by atoms with van der Waals surface area (Å²) >= 11 is 2.33. The average Bonchev–Trinajstić information content (AvgIpc) is 2.40. The quantitative estimate of drug-likeness (QED) is 0.849. The first-order valence-electron chi connectivity index (χ1n) is 5.68. The van der Waals surface area contributed by atoms with Crippen LogP contribution in [0, 0.1) is 21.8 Å². The van der Waals surface area contributed by atoms with E-state index in [1.54, 1.807) is 0 Å². The summed E-state index contributed by atoms with van der Waals surface area (Å²) in [4.78, 5) is 0. The highest BCUT2D eigenvalue weighted by atomic mass is 127. The molecule has 0 fully saturated rings. The monoisotopic (exact) mass is 348 g/mol. The number of anilines is 1. The van der Waals surface area contributed by atoms with E-state index in [4.69, 9.17) is 5.26 Å². The molecule has 0 bridgehead atoms. The molecule has 0 spiro atoms. The molecule has 90 valence electrons. The Bertz CT molecular complexity index is 600. The number of hydrogen-bond donors (Lipinski definition) is 1. The standard InChI is InChI=1S/C15H13IN2/c1-11-5-6-14(8-15(11)16)18-10-13-4-2-3-12(7-13)9-17/h2-8,18H,10H2,1H3. The van der Waals surface area contributed by atoms with Crippen LogP contribution in [0.4, 0.5) is 5.69 Å². The van der Waals surface area contributed by atoms with Gasteiger partial charge in [0.15, 0.2) is 0 Å². The second kappa shape index (κ2) is 5.87. The van der Waals surface area contributed by atoms with Crippen molar-refractivity contribution in [3.05, 3.63) is 62.7 Å². The Kier molecular flexibility index (Phi) is 4.21. The van der Waals surface area contributed by atoms with Gasteiger partial charge in [-0.15, -0.1) is 0 Å². The zero-order valence-electron chi connectivity index (χ0n) is 10.1. The molecule has 0 atom stereocenters. The first kappa shape index (κ1) is 12.9. The van der Waals surface area contributed by atoms with Crippen molar-refractivity contribution in [3.8, 4) is 6.07 Å². The maximum absolute atomic E-state index is 8.84. The summed E-state index contributed by atoms with van der Waals surface area (Å²) in [5.41, 5.74) is 4.21. The van der Waals surface area contributed by atoms with Crippen molar-refractivity contribution in [1.82, 2.24) is 0 Å². The van der Waals surface area contributed by atoms with Gasteiger partial charge in [0.1, 0.15) is 0 Å². The van der Waals surface area contributed by atoms with E-state index < -0.39 is 0 Å². The van der Waals surface area contributed by atoms with E-state index in [0.717, 1.165) is 17.8 Å². The minimum Gasteiger partial charge on any atom is -0.381 e. The van der Waals surface area contributed by atoms with Crippen LogP contribution in [-0.4, -0.2) is 0 Å². The second-order valence-electron chi connectivity index (χ2n) is 4.13. The zero-order chi connectivity index (χ0) is 13.0. The Hall–Kier alpha value is -1.54. The van der Waals surface area contributed by atoms with Crippen LogP contribution in [0.5, 0.6) is 0 Å². The molecule has 0 amide bonds. The van der Waals surface area contributed by atoms with Crippen LogP contribution in [0.1, 0.15) is 16.7 Å². The van der Waals surface area contributed by atoms with Crippen LogP contribution in [0.15, 0.2) is 42.5 Å². The third-order valence-corrected chi connectivity index (χ3v) is 3.89. The molecule has 2 nitrogen and oxygen atoms in total. The van der Waals surface area contributed by atoms with Crippen molar-refractivity contribution < 1.29 is 0 Å². The summed E-state index contributed by atoms with van der Waals surface area (Å²) in [6.45, 7) is 2.83. The lowest BCUT2D eigenvalue weighted by Gasteiger charge is -2.08. The predicted octanol–water partition coefficient (Wildman–Crippen LogP) is 4.08. The van der Waals surface area contributed by atoms with E-state index in [1.807, 2.05) is 24.3 Å². The molecule has 0 saturated heterocycles. The smallest absolute Gasteiger partial charge is 0.0991 e. The van der Waals surface area contributed by atoms with Gasteiger partial charge in [-0.1, -0.05) is 18.2 Å². The fraction of sp³-hybridized carbons (Fsp3) is 0.133. The lowest BCUT2D eigenvalue weighted by molar-refractivity contribution is 1.14. The Morgan fingerprint density at radius 1 is 1.22 bits per heavy atom. The second-order valence-corrected chi connectivity index (χ2v) is 5.29. The van der Waals surface area contributed by atoms with Gasteiger partial charge in [0.25, 0.3) is 0 Å². The Labute approximate surface area is 121 Å². The van der Waals surface area contributed by atoms with Crippen LogP contribution < -0.4 is 5.32 Å². The Morgan fingerprint density at radius 3 is 2.78 bits per heavy atom. The van der Waals surface area contributed by atoms with Crippen LogP contribution in [0.3, 0.4) is 0 Å². The summed E-state index contributed by atoms with van der Waals surface area (Å²) < 4.78 is 1.25. The molecule has 2 aromatic rings. The minimum absolute atomic E-state index is 0.702. The highest BCUT2D eigenvalue weighted by molar-refractivity contribution is 14.1. The summed E-state index contributed by atoms with van der Waals surface area (Å²) in [7, 11) is 0. The molecular formula is C15H13IN2. The lowest BCUT2D eigenvalue weighted by Crippen LogP contribution is -2.00.